The van der Waals surface area contributed by atoms with Crippen LogP contribution in [-0.2, 0) is 13.0 Å². The predicted octanol–water partition coefficient (Wildman–Crippen LogP) is 4.22. The van der Waals surface area contributed by atoms with Gasteiger partial charge in [-0.05, 0) is 31.2 Å². The molecule has 3 aromatic heterocycles. The van der Waals surface area contributed by atoms with Crippen molar-refractivity contribution in [3.63, 3.8) is 0 Å². The number of hydrogen-bond acceptors (Lipinski definition) is 4. The summed E-state index contributed by atoms with van der Waals surface area (Å²) in [7, 11) is 0. The summed E-state index contributed by atoms with van der Waals surface area (Å²) in [6.45, 7) is 2.91. The summed E-state index contributed by atoms with van der Waals surface area (Å²) >= 11 is 3.34. The fourth-order valence-corrected chi connectivity index (χ4v) is 5.05. The van der Waals surface area contributed by atoms with E-state index < -0.39 is 0 Å². The molecule has 0 atom stereocenters. The van der Waals surface area contributed by atoms with E-state index in [0.29, 0.717) is 0 Å². The molecule has 4 heterocycles. The van der Waals surface area contributed by atoms with E-state index in [-0.39, 0.29) is 5.56 Å². The molecule has 0 saturated carbocycles. The van der Waals surface area contributed by atoms with Crippen molar-refractivity contribution in [2.45, 2.75) is 39.2 Å². The Morgan fingerprint density at radius 2 is 2.19 bits per heavy atom. The van der Waals surface area contributed by atoms with Crippen molar-refractivity contribution in [3.8, 4) is 10.4 Å². The minimum Gasteiger partial charge on any atom is -0.296 e. The van der Waals surface area contributed by atoms with Gasteiger partial charge in [0.05, 0.1) is 5.39 Å². The first-order chi connectivity index (χ1) is 10.3. The first kappa shape index (κ1) is 13.2. The summed E-state index contributed by atoms with van der Waals surface area (Å²) in [6.07, 6.45) is 4.33. The van der Waals surface area contributed by atoms with Crippen LogP contribution in [0.1, 0.15) is 30.0 Å². The molecule has 108 valence electrons. The van der Waals surface area contributed by atoms with E-state index in [0.717, 1.165) is 47.4 Å². The van der Waals surface area contributed by atoms with Gasteiger partial charge in [0, 0.05) is 28.3 Å². The van der Waals surface area contributed by atoms with Crippen LogP contribution in [0.25, 0.3) is 20.7 Å². The minimum atomic E-state index is 0.157. The van der Waals surface area contributed by atoms with Crippen molar-refractivity contribution in [1.29, 1.82) is 0 Å². The maximum Gasteiger partial charge on any atom is 0.262 e. The zero-order valence-electron chi connectivity index (χ0n) is 11.9. The molecule has 0 aromatic carbocycles. The van der Waals surface area contributed by atoms with Gasteiger partial charge in [0.15, 0.2) is 0 Å². The zero-order chi connectivity index (χ0) is 14.4. The van der Waals surface area contributed by atoms with Gasteiger partial charge in [-0.25, -0.2) is 4.98 Å². The van der Waals surface area contributed by atoms with E-state index in [1.165, 1.54) is 16.2 Å². The lowest BCUT2D eigenvalue weighted by atomic mass is 10.1. The quantitative estimate of drug-likeness (QED) is 0.673. The molecule has 0 aliphatic carbocycles. The Kier molecular flexibility index (Phi) is 3.19. The molecule has 3 nitrogen and oxygen atoms in total. The molecule has 3 aromatic rings. The molecule has 0 N–H and O–H groups in total. The van der Waals surface area contributed by atoms with E-state index in [1.807, 2.05) is 10.6 Å². The van der Waals surface area contributed by atoms with Gasteiger partial charge in [0.1, 0.15) is 10.7 Å². The summed E-state index contributed by atoms with van der Waals surface area (Å²) in [5, 5.41) is 2.89. The van der Waals surface area contributed by atoms with Gasteiger partial charge in [-0.2, -0.15) is 0 Å². The average molecular weight is 316 g/mol. The van der Waals surface area contributed by atoms with Gasteiger partial charge in [0.2, 0.25) is 0 Å². The number of aromatic nitrogens is 2. The molecule has 21 heavy (non-hydrogen) atoms. The minimum absolute atomic E-state index is 0.157. The first-order valence-corrected chi connectivity index (χ1v) is 9.02. The highest BCUT2D eigenvalue weighted by Gasteiger charge is 2.20. The Hall–Kier alpha value is -1.46. The number of aryl methyl sites for hydroxylation is 2. The summed E-state index contributed by atoms with van der Waals surface area (Å²) in [4.78, 5) is 21.1. The van der Waals surface area contributed by atoms with Crippen LogP contribution in [-0.4, -0.2) is 9.55 Å². The lowest BCUT2D eigenvalue weighted by Gasteiger charge is -2.08. The second kappa shape index (κ2) is 5.07. The third-order valence-electron chi connectivity index (χ3n) is 4.12. The molecule has 0 bridgehead atoms. The summed E-state index contributed by atoms with van der Waals surface area (Å²) in [5.74, 6) is 0.976. The second-order valence-corrected chi connectivity index (χ2v) is 7.64. The Morgan fingerprint density at radius 1 is 1.29 bits per heavy atom. The Balaban J connectivity index is 2.07. The van der Waals surface area contributed by atoms with Crippen LogP contribution >= 0.6 is 22.7 Å². The largest absolute Gasteiger partial charge is 0.296 e. The van der Waals surface area contributed by atoms with E-state index >= 15 is 0 Å². The normalized spacial score (nSPS) is 15.1. The second-order valence-electron chi connectivity index (χ2n) is 5.49. The highest BCUT2D eigenvalue weighted by molar-refractivity contribution is 7.20. The van der Waals surface area contributed by atoms with Crippen molar-refractivity contribution in [3.05, 3.63) is 38.6 Å². The molecule has 0 saturated heterocycles. The van der Waals surface area contributed by atoms with Gasteiger partial charge < -0.3 is 0 Å². The lowest BCUT2D eigenvalue weighted by Crippen LogP contribution is -2.24. The molecule has 1 aliphatic heterocycles. The van der Waals surface area contributed by atoms with E-state index in [4.69, 9.17) is 4.98 Å². The van der Waals surface area contributed by atoms with Gasteiger partial charge in [-0.15, -0.1) is 22.7 Å². The standard InChI is InChI=1S/C16H16N2OS2/c1-10-13(11-6-5-9-20-11)14-15(21-10)17-12-7-3-2-4-8-18(12)16(14)19/h5-6,9H,2-4,7-8H2,1H3. The Labute approximate surface area is 130 Å². The lowest BCUT2D eigenvalue weighted by molar-refractivity contribution is 0.614. The molecule has 4 rings (SSSR count). The molecule has 0 radical (unpaired) electrons. The molecule has 0 unspecified atom stereocenters. The van der Waals surface area contributed by atoms with Crippen LogP contribution < -0.4 is 5.56 Å². The predicted molar refractivity (Wildman–Crippen MR) is 89.5 cm³/mol. The first-order valence-electron chi connectivity index (χ1n) is 7.32. The number of thiophene rings is 2. The van der Waals surface area contributed by atoms with Gasteiger partial charge >= 0.3 is 0 Å². The molecule has 0 amide bonds. The maximum atomic E-state index is 13.0. The van der Waals surface area contributed by atoms with Gasteiger partial charge in [-0.3, -0.25) is 9.36 Å². The van der Waals surface area contributed by atoms with E-state index in [9.17, 15) is 4.79 Å². The van der Waals surface area contributed by atoms with Gasteiger partial charge in [-0.1, -0.05) is 12.5 Å². The van der Waals surface area contributed by atoms with Crippen molar-refractivity contribution in [2.24, 2.45) is 0 Å². The molecule has 0 spiro atoms. The van der Waals surface area contributed by atoms with Crippen molar-refractivity contribution in [2.75, 3.05) is 0 Å². The van der Waals surface area contributed by atoms with Crippen molar-refractivity contribution >= 4 is 32.9 Å². The van der Waals surface area contributed by atoms with Crippen molar-refractivity contribution in [1.82, 2.24) is 9.55 Å². The fourth-order valence-electron chi connectivity index (χ4n) is 3.11. The van der Waals surface area contributed by atoms with Crippen LogP contribution in [0.4, 0.5) is 0 Å². The molecule has 5 heteroatoms. The summed E-state index contributed by atoms with van der Waals surface area (Å²) in [6, 6.07) is 4.13. The highest BCUT2D eigenvalue weighted by Crippen LogP contribution is 2.38. The topological polar surface area (TPSA) is 34.9 Å². The summed E-state index contributed by atoms with van der Waals surface area (Å²) in [5.41, 5.74) is 1.26. The smallest absolute Gasteiger partial charge is 0.262 e. The van der Waals surface area contributed by atoms with E-state index in [1.54, 1.807) is 22.7 Å². The van der Waals surface area contributed by atoms with Crippen LogP contribution in [0.2, 0.25) is 0 Å². The maximum absolute atomic E-state index is 13.0. The van der Waals surface area contributed by atoms with Crippen LogP contribution in [0, 0.1) is 6.92 Å². The van der Waals surface area contributed by atoms with Crippen LogP contribution in [0.5, 0.6) is 0 Å². The molecular formula is C16H16N2OS2. The third kappa shape index (κ3) is 2.07. The number of hydrogen-bond donors (Lipinski definition) is 0. The fraction of sp³-hybridized carbons (Fsp3) is 0.375. The number of nitrogens with zero attached hydrogens (tertiary/aromatic N) is 2. The van der Waals surface area contributed by atoms with E-state index in [2.05, 4.69) is 18.4 Å². The average Bonchev–Trinajstić information content (AvgIpc) is 3.01. The Bertz CT molecular complexity index is 859. The van der Waals surface area contributed by atoms with Crippen LogP contribution in [0.15, 0.2) is 22.3 Å². The van der Waals surface area contributed by atoms with Crippen LogP contribution in [0.3, 0.4) is 0 Å². The van der Waals surface area contributed by atoms with Crippen molar-refractivity contribution < 1.29 is 0 Å². The molecular weight excluding hydrogens is 300 g/mol. The highest BCUT2D eigenvalue weighted by atomic mass is 32.1. The SMILES string of the molecule is Cc1sc2nc3n(c(=O)c2c1-c1cccs1)CCCCC3. The zero-order valence-corrected chi connectivity index (χ0v) is 13.5. The monoisotopic (exact) mass is 316 g/mol. The third-order valence-corrected chi connectivity index (χ3v) is 6.00. The number of fused-ring (bicyclic) bond motifs is 2. The molecule has 1 aliphatic rings. The summed E-state index contributed by atoms with van der Waals surface area (Å²) < 4.78 is 1.92. The number of rotatable bonds is 1. The molecule has 0 fully saturated rings. The Morgan fingerprint density at radius 3 is 3.00 bits per heavy atom. The van der Waals surface area contributed by atoms with Gasteiger partial charge in [0.25, 0.3) is 5.56 Å².